The SMILES string of the molecule is Cc1c(Br)cc(C(F)(F)F)cc1N/N=C(\C#N)C(=N)N. The smallest absolute Gasteiger partial charge is 0.382 e. The van der Waals surface area contributed by atoms with Crippen LogP contribution in [0.5, 0.6) is 0 Å². The number of nitrogens with two attached hydrogens (primary N) is 1. The fourth-order valence-electron chi connectivity index (χ4n) is 1.22. The third-order valence-electron chi connectivity index (χ3n) is 2.32. The largest absolute Gasteiger partial charge is 0.416 e. The van der Waals surface area contributed by atoms with Crippen LogP contribution < -0.4 is 11.2 Å². The lowest BCUT2D eigenvalue weighted by atomic mass is 10.1. The maximum Gasteiger partial charge on any atom is 0.416 e. The Balaban J connectivity index is 3.23. The van der Waals surface area contributed by atoms with E-state index in [4.69, 9.17) is 16.4 Å². The van der Waals surface area contributed by atoms with Crippen LogP contribution in [-0.4, -0.2) is 11.5 Å². The Kier molecular flexibility index (Phi) is 4.73. The molecule has 1 rings (SSSR count). The molecule has 0 fully saturated rings. The molecule has 5 nitrogen and oxygen atoms in total. The molecule has 106 valence electrons. The van der Waals surface area contributed by atoms with Gasteiger partial charge in [-0.05, 0) is 24.6 Å². The van der Waals surface area contributed by atoms with E-state index in [1.165, 1.54) is 0 Å². The van der Waals surface area contributed by atoms with Crippen LogP contribution in [0, 0.1) is 23.7 Å². The van der Waals surface area contributed by atoms with E-state index in [9.17, 15) is 13.2 Å². The zero-order valence-electron chi connectivity index (χ0n) is 10.1. The van der Waals surface area contributed by atoms with Crippen LogP contribution in [0.2, 0.25) is 0 Å². The molecule has 0 aromatic heterocycles. The number of nitrogens with one attached hydrogen (secondary N) is 2. The van der Waals surface area contributed by atoms with Crippen LogP contribution in [0.25, 0.3) is 0 Å². The molecule has 0 radical (unpaired) electrons. The van der Waals surface area contributed by atoms with E-state index >= 15 is 0 Å². The summed E-state index contributed by atoms with van der Waals surface area (Å²) in [4.78, 5) is 0. The first-order valence-corrected chi connectivity index (χ1v) is 5.91. The Morgan fingerprint density at radius 1 is 1.50 bits per heavy atom. The average Bonchev–Trinajstić information content (AvgIpc) is 2.33. The number of hydrazone groups is 1. The number of nitriles is 1. The second-order valence-corrected chi connectivity index (χ2v) is 4.58. The van der Waals surface area contributed by atoms with Crippen molar-refractivity contribution in [2.75, 3.05) is 5.43 Å². The van der Waals surface area contributed by atoms with Gasteiger partial charge in [0.15, 0.2) is 5.84 Å². The van der Waals surface area contributed by atoms with Crippen LogP contribution in [-0.2, 0) is 6.18 Å². The van der Waals surface area contributed by atoms with Crippen molar-refractivity contribution in [2.45, 2.75) is 13.1 Å². The summed E-state index contributed by atoms with van der Waals surface area (Å²) >= 11 is 3.02. The Morgan fingerprint density at radius 3 is 2.55 bits per heavy atom. The maximum absolute atomic E-state index is 12.7. The van der Waals surface area contributed by atoms with Crippen molar-refractivity contribution in [3.05, 3.63) is 27.7 Å². The second-order valence-electron chi connectivity index (χ2n) is 3.73. The maximum atomic E-state index is 12.7. The van der Waals surface area contributed by atoms with E-state index in [0.717, 1.165) is 12.1 Å². The standard InChI is InChI=1S/C11H9BrF3N5/c1-5-7(12)2-6(11(13,14)15)3-8(5)19-20-9(4-16)10(17)18/h2-3,19H,1H3,(H3,17,18)/b20-9+. The van der Waals surface area contributed by atoms with Gasteiger partial charge in [0.2, 0.25) is 5.71 Å². The first-order chi connectivity index (χ1) is 9.16. The molecule has 0 aliphatic heterocycles. The van der Waals surface area contributed by atoms with Gasteiger partial charge >= 0.3 is 6.18 Å². The average molecular weight is 348 g/mol. The topological polar surface area (TPSA) is 98.0 Å². The summed E-state index contributed by atoms with van der Waals surface area (Å²) in [5.74, 6) is -0.580. The summed E-state index contributed by atoms with van der Waals surface area (Å²) in [6, 6.07) is 3.36. The number of amidine groups is 1. The van der Waals surface area contributed by atoms with Crippen LogP contribution in [0.3, 0.4) is 0 Å². The Bertz CT molecular complexity index is 616. The number of hydrogen-bond acceptors (Lipinski definition) is 4. The zero-order chi connectivity index (χ0) is 15.5. The van der Waals surface area contributed by atoms with E-state index in [1.54, 1.807) is 13.0 Å². The van der Waals surface area contributed by atoms with E-state index in [-0.39, 0.29) is 10.2 Å². The Hall–Kier alpha value is -2.08. The van der Waals surface area contributed by atoms with Crippen LogP contribution in [0.1, 0.15) is 11.1 Å². The van der Waals surface area contributed by atoms with E-state index in [2.05, 4.69) is 26.5 Å². The monoisotopic (exact) mass is 347 g/mol. The van der Waals surface area contributed by atoms with Crippen molar-refractivity contribution in [2.24, 2.45) is 10.8 Å². The predicted molar refractivity (Wildman–Crippen MR) is 72.5 cm³/mol. The van der Waals surface area contributed by atoms with Crippen LogP contribution >= 0.6 is 15.9 Å². The molecule has 9 heteroatoms. The van der Waals surface area contributed by atoms with Gasteiger partial charge in [-0.25, -0.2) is 0 Å². The molecular formula is C11H9BrF3N5. The summed E-state index contributed by atoms with van der Waals surface area (Å²) in [7, 11) is 0. The van der Waals surface area contributed by atoms with E-state index < -0.39 is 23.3 Å². The predicted octanol–water partition coefficient (Wildman–Crippen LogP) is 3.00. The summed E-state index contributed by atoms with van der Waals surface area (Å²) in [6.45, 7) is 1.57. The van der Waals surface area contributed by atoms with E-state index in [0.29, 0.717) is 5.56 Å². The first-order valence-electron chi connectivity index (χ1n) is 5.12. The minimum absolute atomic E-state index is 0.0562. The Labute approximate surface area is 120 Å². The molecule has 0 saturated heterocycles. The number of hydrogen-bond donors (Lipinski definition) is 3. The molecule has 0 amide bonds. The lowest BCUT2D eigenvalue weighted by Gasteiger charge is -2.13. The molecule has 0 aliphatic carbocycles. The number of benzene rings is 1. The fourth-order valence-corrected chi connectivity index (χ4v) is 1.68. The van der Waals surface area contributed by atoms with Crippen LogP contribution in [0.15, 0.2) is 21.7 Å². The molecule has 0 atom stereocenters. The van der Waals surface area contributed by atoms with Crippen molar-refractivity contribution in [1.82, 2.24) is 0 Å². The van der Waals surface area contributed by atoms with Gasteiger partial charge in [-0.15, -0.1) is 0 Å². The summed E-state index contributed by atoms with van der Waals surface area (Å²) in [6.07, 6.45) is -4.50. The van der Waals surface area contributed by atoms with E-state index in [1.807, 2.05) is 0 Å². The number of alkyl halides is 3. The highest BCUT2D eigenvalue weighted by Gasteiger charge is 2.31. The van der Waals surface area contributed by atoms with Gasteiger partial charge in [0, 0.05) is 4.47 Å². The third-order valence-corrected chi connectivity index (χ3v) is 3.14. The highest BCUT2D eigenvalue weighted by Crippen LogP contribution is 2.35. The summed E-state index contributed by atoms with van der Waals surface area (Å²) < 4.78 is 38.3. The first kappa shape index (κ1) is 16.0. The Morgan fingerprint density at radius 2 is 2.10 bits per heavy atom. The van der Waals surface area contributed by atoms with Gasteiger partial charge in [-0.1, -0.05) is 15.9 Å². The summed E-state index contributed by atoms with van der Waals surface area (Å²) in [5.41, 5.74) is 6.64. The normalized spacial score (nSPS) is 11.9. The van der Waals surface area contributed by atoms with Crippen LogP contribution in [0.4, 0.5) is 18.9 Å². The third kappa shape index (κ3) is 3.71. The number of nitrogens with zero attached hydrogens (tertiary/aromatic N) is 2. The van der Waals surface area contributed by atoms with Gasteiger partial charge in [0.25, 0.3) is 0 Å². The molecule has 0 aliphatic rings. The highest BCUT2D eigenvalue weighted by molar-refractivity contribution is 9.10. The molecule has 4 N–H and O–H groups in total. The van der Waals surface area contributed by atoms with Gasteiger partial charge in [0.05, 0.1) is 11.3 Å². The molecule has 0 saturated carbocycles. The van der Waals surface area contributed by atoms with Gasteiger partial charge in [0.1, 0.15) is 6.07 Å². The molecule has 0 spiro atoms. The van der Waals surface area contributed by atoms with Gasteiger partial charge in [-0.2, -0.15) is 23.5 Å². The molecule has 1 aromatic rings. The summed E-state index contributed by atoms with van der Waals surface area (Å²) in [5, 5.41) is 19.2. The molecular weight excluding hydrogens is 339 g/mol. The van der Waals surface area contributed by atoms with Gasteiger partial charge in [-0.3, -0.25) is 10.8 Å². The van der Waals surface area contributed by atoms with Crippen molar-refractivity contribution >= 4 is 33.2 Å². The van der Waals surface area contributed by atoms with Crippen molar-refractivity contribution in [1.29, 1.82) is 10.7 Å². The fraction of sp³-hybridized carbons (Fsp3) is 0.182. The lowest BCUT2D eigenvalue weighted by molar-refractivity contribution is -0.137. The minimum Gasteiger partial charge on any atom is -0.382 e. The lowest BCUT2D eigenvalue weighted by Crippen LogP contribution is -2.22. The quantitative estimate of drug-likeness (QED) is 0.445. The second kappa shape index (κ2) is 5.92. The van der Waals surface area contributed by atoms with Gasteiger partial charge < -0.3 is 5.73 Å². The molecule has 0 heterocycles. The highest BCUT2D eigenvalue weighted by atomic mass is 79.9. The molecule has 0 unspecified atom stereocenters. The number of rotatable bonds is 3. The molecule has 0 bridgehead atoms. The molecule has 20 heavy (non-hydrogen) atoms. The number of anilines is 1. The van der Waals surface area contributed by atoms with Crippen molar-refractivity contribution in [3.63, 3.8) is 0 Å². The minimum atomic E-state index is -4.50. The van der Waals surface area contributed by atoms with Crippen molar-refractivity contribution in [3.8, 4) is 6.07 Å². The molecule has 1 aromatic carbocycles. The zero-order valence-corrected chi connectivity index (χ0v) is 11.7. The number of halogens is 4. The van der Waals surface area contributed by atoms with Crippen molar-refractivity contribution < 1.29 is 13.2 Å².